The second-order valence-corrected chi connectivity index (χ2v) is 6.46. The molecule has 1 N–H and O–H groups in total. The molecule has 0 bridgehead atoms. The van der Waals surface area contributed by atoms with Crippen molar-refractivity contribution in [2.24, 2.45) is 5.92 Å². The Balaban J connectivity index is 1.51. The lowest BCUT2D eigenvalue weighted by atomic mass is 9.97. The number of nitrogens with zero attached hydrogens (tertiary/aromatic N) is 2. The van der Waals surface area contributed by atoms with Crippen LogP contribution in [0.1, 0.15) is 18.4 Å². The predicted octanol–water partition coefficient (Wildman–Crippen LogP) is 2.81. The zero-order valence-electron chi connectivity index (χ0n) is 14.9. The van der Waals surface area contributed by atoms with E-state index < -0.39 is 0 Å². The van der Waals surface area contributed by atoms with Gasteiger partial charge in [-0.1, -0.05) is 18.2 Å². The predicted molar refractivity (Wildman–Crippen MR) is 101 cm³/mol. The molecule has 0 spiro atoms. The normalized spacial score (nSPS) is 16.3. The van der Waals surface area contributed by atoms with Crippen molar-refractivity contribution in [3.8, 4) is 11.8 Å². The first-order valence-corrected chi connectivity index (χ1v) is 8.92. The molecule has 0 radical (unpaired) electrons. The van der Waals surface area contributed by atoms with E-state index in [1.165, 1.54) is 0 Å². The second kappa shape index (κ2) is 8.86. The fourth-order valence-electron chi connectivity index (χ4n) is 3.05. The molecule has 2 amide bonds. The van der Waals surface area contributed by atoms with Gasteiger partial charge in [0.05, 0.1) is 17.6 Å². The SMILES string of the molecule is N#Cc1ccc(OCC(=O)N2CCCC(C(=O)Nc3ccccc3)C2)cc1. The van der Waals surface area contributed by atoms with Crippen LogP contribution >= 0.6 is 0 Å². The lowest BCUT2D eigenvalue weighted by Gasteiger charge is -2.32. The number of amides is 2. The second-order valence-electron chi connectivity index (χ2n) is 6.46. The van der Waals surface area contributed by atoms with E-state index in [0.717, 1.165) is 18.5 Å². The van der Waals surface area contributed by atoms with Gasteiger partial charge in [-0.2, -0.15) is 5.26 Å². The van der Waals surface area contributed by atoms with Gasteiger partial charge in [-0.05, 0) is 49.2 Å². The molecule has 6 heteroatoms. The van der Waals surface area contributed by atoms with Crippen LogP contribution in [0.2, 0.25) is 0 Å². The molecule has 1 aliphatic heterocycles. The Labute approximate surface area is 158 Å². The van der Waals surface area contributed by atoms with Crippen LogP contribution in [0.3, 0.4) is 0 Å². The fraction of sp³-hybridized carbons (Fsp3) is 0.286. The summed E-state index contributed by atoms with van der Waals surface area (Å²) >= 11 is 0. The number of hydrogen-bond donors (Lipinski definition) is 1. The first kappa shape index (κ1) is 18.5. The van der Waals surface area contributed by atoms with Gasteiger partial charge < -0.3 is 15.0 Å². The van der Waals surface area contributed by atoms with Gasteiger partial charge in [0.2, 0.25) is 5.91 Å². The average molecular weight is 363 g/mol. The number of nitriles is 1. The topological polar surface area (TPSA) is 82.4 Å². The number of carbonyl (C=O) groups is 2. The molecule has 0 aromatic heterocycles. The van der Waals surface area contributed by atoms with Gasteiger partial charge >= 0.3 is 0 Å². The minimum atomic E-state index is -0.224. The van der Waals surface area contributed by atoms with Gasteiger partial charge in [0.15, 0.2) is 6.61 Å². The van der Waals surface area contributed by atoms with Crippen LogP contribution in [0.5, 0.6) is 5.75 Å². The minimum Gasteiger partial charge on any atom is -0.484 e. The number of anilines is 1. The van der Waals surface area contributed by atoms with Gasteiger partial charge in [-0.25, -0.2) is 0 Å². The lowest BCUT2D eigenvalue weighted by molar-refractivity contribution is -0.136. The van der Waals surface area contributed by atoms with E-state index in [9.17, 15) is 9.59 Å². The molecule has 2 aromatic rings. The Morgan fingerprint density at radius 1 is 1.15 bits per heavy atom. The number of hydrogen-bond acceptors (Lipinski definition) is 4. The summed E-state index contributed by atoms with van der Waals surface area (Å²) in [6, 6.07) is 18.0. The van der Waals surface area contributed by atoms with E-state index in [4.69, 9.17) is 10.00 Å². The van der Waals surface area contributed by atoms with E-state index in [-0.39, 0.29) is 24.3 Å². The Hall–Kier alpha value is -3.33. The fourth-order valence-corrected chi connectivity index (χ4v) is 3.05. The van der Waals surface area contributed by atoms with Gasteiger partial charge in [0, 0.05) is 18.8 Å². The maximum Gasteiger partial charge on any atom is 0.260 e. The highest BCUT2D eigenvalue weighted by atomic mass is 16.5. The van der Waals surface area contributed by atoms with Gasteiger partial charge in [-0.15, -0.1) is 0 Å². The first-order valence-electron chi connectivity index (χ1n) is 8.92. The van der Waals surface area contributed by atoms with Crippen molar-refractivity contribution in [1.29, 1.82) is 5.26 Å². The van der Waals surface area contributed by atoms with Crippen LogP contribution in [0.4, 0.5) is 5.69 Å². The molecule has 1 unspecified atom stereocenters. The van der Waals surface area contributed by atoms with Gasteiger partial charge in [-0.3, -0.25) is 9.59 Å². The summed E-state index contributed by atoms with van der Waals surface area (Å²) in [6.07, 6.45) is 1.55. The summed E-state index contributed by atoms with van der Waals surface area (Å²) in [5.41, 5.74) is 1.30. The number of likely N-dealkylation sites (tertiary alicyclic amines) is 1. The molecule has 0 aliphatic carbocycles. The molecule has 27 heavy (non-hydrogen) atoms. The van der Waals surface area contributed by atoms with Crippen LogP contribution < -0.4 is 10.1 Å². The Morgan fingerprint density at radius 3 is 2.59 bits per heavy atom. The molecular formula is C21H21N3O3. The molecule has 0 saturated carbocycles. The monoisotopic (exact) mass is 363 g/mol. The smallest absolute Gasteiger partial charge is 0.260 e. The molecule has 1 saturated heterocycles. The summed E-state index contributed by atoms with van der Waals surface area (Å²) in [5, 5.41) is 11.7. The minimum absolute atomic E-state index is 0.0632. The Kier molecular flexibility index (Phi) is 6.06. The number of carbonyl (C=O) groups excluding carboxylic acids is 2. The third kappa shape index (κ3) is 5.08. The van der Waals surface area contributed by atoms with Crippen LogP contribution in [0.25, 0.3) is 0 Å². The number of nitrogens with one attached hydrogen (secondary N) is 1. The summed E-state index contributed by atoms with van der Waals surface area (Å²) < 4.78 is 5.51. The third-order valence-electron chi connectivity index (χ3n) is 4.53. The highest BCUT2D eigenvalue weighted by Crippen LogP contribution is 2.19. The van der Waals surface area contributed by atoms with Crippen LogP contribution in [-0.4, -0.2) is 36.4 Å². The molecule has 1 atom stereocenters. The van der Waals surface area contributed by atoms with Crippen LogP contribution in [-0.2, 0) is 9.59 Å². The standard InChI is InChI=1S/C21H21N3O3/c22-13-16-8-10-19(11-9-16)27-15-20(25)24-12-4-5-17(14-24)21(26)23-18-6-2-1-3-7-18/h1-3,6-11,17H,4-5,12,14-15H2,(H,23,26). The quantitative estimate of drug-likeness (QED) is 0.885. The van der Waals surface area contributed by atoms with E-state index in [2.05, 4.69) is 5.32 Å². The molecule has 1 aliphatic rings. The number of piperidine rings is 1. The van der Waals surface area contributed by atoms with Crippen LogP contribution in [0, 0.1) is 17.2 Å². The molecule has 6 nitrogen and oxygen atoms in total. The molecule has 138 valence electrons. The van der Waals surface area contributed by atoms with Crippen molar-refractivity contribution in [1.82, 2.24) is 4.90 Å². The van der Waals surface area contributed by atoms with Gasteiger partial charge in [0.1, 0.15) is 5.75 Å². The van der Waals surface area contributed by atoms with Crippen molar-refractivity contribution < 1.29 is 14.3 Å². The Bertz CT molecular complexity index is 828. The number of rotatable bonds is 5. The van der Waals surface area contributed by atoms with E-state index in [1.54, 1.807) is 29.2 Å². The average Bonchev–Trinajstić information content (AvgIpc) is 2.73. The maximum absolute atomic E-state index is 12.5. The van der Waals surface area contributed by atoms with Crippen molar-refractivity contribution in [3.05, 3.63) is 60.2 Å². The highest BCUT2D eigenvalue weighted by molar-refractivity contribution is 5.93. The third-order valence-corrected chi connectivity index (χ3v) is 4.53. The van der Waals surface area contributed by atoms with E-state index in [0.29, 0.717) is 24.4 Å². The highest BCUT2D eigenvalue weighted by Gasteiger charge is 2.28. The van der Waals surface area contributed by atoms with E-state index >= 15 is 0 Å². The molecule has 2 aromatic carbocycles. The summed E-state index contributed by atoms with van der Waals surface area (Å²) in [5.74, 6) is 0.110. The number of ether oxygens (including phenoxy) is 1. The van der Waals surface area contributed by atoms with E-state index in [1.807, 2.05) is 36.4 Å². The van der Waals surface area contributed by atoms with Gasteiger partial charge in [0.25, 0.3) is 5.91 Å². The molecular weight excluding hydrogens is 342 g/mol. The molecule has 3 rings (SSSR count). The molecule has 1 fully saturated rings. The van der Waals surface area contributed by atoms with Crippen molar-refractivity contribution in [2.45, 2.75) is 12.8 Å². The first-order chi connectivity index (χ1) is 13.2. The van der Waals surface area contributed by atoms with Crippen molar-refractivity contribution in [2.75, 3.05) is 25.0 Å². The summed E-state index contributed by atoms with van der Waals surface area (Å²) in [4.78, 5) is 26.6. The summed E-state index contributed by atoms with van der Waals surface area (Å²) in [7, 11) is 0. The largest absolute Gasteiger partial charge is 0.484 e. The zero-order valence-corrected chi connectivity index (χ0v) is 14.9. The van der Waals surface area contributed by atoms with Crippen molar-refractivity contribution in [3.63, 3.8) is 0 Å². The summed E-state index contributed by atoms with van der Waals surface area (Å²) in [6.45, 7) is 0.942. The maximum atomic E-state index is 12.5. The number of benzene rings is 2. The lowest BCUT2D eigenvalue weighted by Crippen LogP contribution is -2.45. The molecule has 1 heterocycles. The van der Waals surface area contributed by atoms with Crippen LogP contribution in [0.15, 0.2) is 54.6 Å². The van der Waals surface area contributed by atoms with Crippen molar-refractivity contribution >= 4 is 17.5 Å². The Morgan fingerprint density at radius 2 is 1.89 bits per heavy atom. The zero-order chi connectivity index (χ0) is 19.1. The number of para-hydroxylation sites is 1.